The van der Waals surface area contributed by atoms with Crippen LogP contribution in [0, 0.1) is 17.8 Å². The molecule has 1 aliphatic heterocycles. The molecule has 0 aliphatic carbocycles. The van der Waals surface area contributed by atoms with Crippen molar-refractivity contribution < 1.29 is 82.4 Å². The number of benzene rings is 2. The first-order valence-electron chi connectivity index (χ1n) is 37.1. The molecule has 7 aromatic rings. The van der Waals surface area contributed by atoms with Gasteiger partial charge in [-0.1, -0.05) is 35.5 Å². The molecule has 114 heavy (non-hydrogen) atoms. The van der Waals surface area contributed by atoms with E-state index in [-0.39, 0.29) is 92.1 Å². The number of carbonyl (C=O) groups excluding carboxylic acids is 12. The van der Waals surface area contributed by atoms with Gasteiger partial charge in [-0.3, -0.25) is 72.0 Å². The van der Waals surface area contributed by atoms with E-state index in [1.165, 1.54) is 75.2 Å². The minimum absolute atomic E-state index is 0.0268. The number of aliphatic hydroxyl groups is 2. The van der Waals surface area contributed by atoms with E-state index in [4.69, 9.17) is 10.5 Å². The van der Waals surface area contributed by atoms with Gasteiger partial charge in [-0.05, 0) is 109 Å². The van der Waals surface area contributed by atoms with E-state index in [0.717, 1.165) is 0 Å². The molecule has 0 fully saturated rings. The minimum atomic E-state index is -1.80. The highest BCUT2D eigenvalue weighted by Crippen LogP contribution is 2.22. The molecule has 0 saturated heterocycles. The van der Waals surface area contributed by atoms with Crippen LogP contribution in [0.15, 0.2) is 96.8 Å². The maximum absolute atomic E-state index is 14.8. The lowest BCUT2D eigenvalue weighted by Crippen LogP contribution is -2.59. The number of nitrogen functional groups attached to an aromatic ring is 1. The second kappa shape index (κ2) is 43.3. The Hall–Kier alpha value is -12.6. The van der Waals surface area contributed by atoms with E-state index < -0.39 is 200 Å². The van der Waals surface area contributed by atoms with Crippen LogP contribution in [0.1, 0.15) is 123 Å². The molecule has 6 heterocycles. The number of anilines is 2. The Kier molecular flexibility index (Phi) is 33.0. The molecule has 1 aliphatic rings. The van der Waals surface area contributed by atoms with Crippen LogP contribution in [0.4, 0.5) is 11.6 Å². The first-order valence-corrected chi connectivity index (χ1v) is 37.1. The van der Waals surface area contributed by atoms with Gasteiger partial charge in [0, 0.05) is 98.6 Å². The fourth-order valence-corrected chi connectivity index (χ4v) is 12.5. The van der Waals surface area contributed by atoms with Crippen LogP contribution in [0.3, 0.4) is 0 Å². The van der Waals surface area contributed by atoms with E-state index in [2.05, 4.69) is 103 Å². The molecule has 0 radical (unpaired) electrons. The average Bonchev–Trinajstić information content (AvgIpc) is 0.935. The molecule has 40 heteroatoms. The lowest BCUT2D eigenvalue weighted by atomic mass is 9.92. The highest BCUT2D eigenvalue weighted by molar-refractivity contribution is 6.00. The quantitative estimate of drug-likeness (QED) is 0.0121. The second-order valence-corrected chi connectivity index (χ2v) is 27.7. The Morgan fingerprint density at radius 2 is 1.49 bits per heavy atom. The Balaban J connectivity index is 1.02. The number of aromatic amines is 3. The number of amides is 8. The average molecular weight is 1580 g/mol. The van der Waals surface area contributed by atoms with Crippen LogP contribution < -0.4 is 64.5 Å². The molecular formula is C74H96N22O18. The number of nitrogens with zero attached hydrogens (tertiary/aromatic N) is 8. The van der Waals surface area contributed by atoms with Gasteiger partial charge in [-0.25, -0.2) is 24.7 Å². The Morgan fingerprint density at radius 3 is 2.17 bits per heavy atom. The zero-order valence-electron chi connectivity index (χ0n) is 63.3. The molecule has 11 atom stereocenters. The fraction of sp³-hybridized carbons (Fsp3) is 0.473. The number of nitrogens with one attached hydrogen (secondary N) is 13. The number of aromatic nitrogens is 11. The molecular weight excluding hydrogens is 1480 g/mol. The third-order valence-corrected chi connectivity index (χ3v) is 18.8. The van der Waals surface area contributed by atoms with Crippen LogP contribution in [0.2, 0.25) is 0 Å². The summed E-state index contributed by atoms with van der Waals surface area (Å²) in [4.78, 5) is 223. The van der Waals surface area contributed by atoms with Gasteiger partial charge in [-0.15, -0.1) is 5.10 Å². The van der Waals surface area contributed by atoms with Crippen molar-refractivity contribution in [1.29, 1.82) is 0 Å². The van der Waals surface area contributed by atoms with Crippen molar-refractivity contribution in [3.8, 4) is 0 Å². The third-order valence-electron chi connectivity index (χ3n) is 18.8. The van der Waals surface area contributed by atoms with Crippen LogP contribution >= 0.6 is 0 Å². The van der Waals surface area contributed by atoms with Gasteiger partial charge in [0.15, 0.2) is 28.5 Å². The number of fused-ring (bicyclic) bond motifs is 3. The summed E-state index contributed by atoms with van der Waals surface area (Å²) < 4.78 is 6.36. The van der Waals surface area contributed by atoms with Crippen LogP contribution in [-0.2, 0) is 101 Å². The van der Waals surface area contributed by atoms with Gasteiger partial charge in [0.25, 0.3) is 5.56 Å². The second-order valence-electron chi connectivity index (χ2n) is 27.7. The zero-order valence-corrected chi connectivity index (χ0v) is 63.3. The minimum Gasteiger partial charge on any atom is -0.481 e. The molecule has 0 unspecified atom stereocenters. The number of hydrogen-bond donors (Lipinski definition) is 17. The predicted molar refractivity (Wildman–Crippen MR) is 405 cm³/mol. The van der Waals surface area contributed by atoms with Crippen molar-refractivity contribution in [2.24, 2.45) is 17.8 Å². The first kappa shape index (κ1) is 87.0. The fourth-order valence-electron chi connectivity index (χ4n) is 12.5. The van der Waals surface area contributed by atoms with E-state index >= 15 is 0 Å². The number of aryl methyl sites for hydroxylation is 1. The van der Waals surface area contributed by atoms with Gasteiger partial charge in [0.05, 0.1) is 75.0 Å². The number of ketones is 3. The van der Waals surface area contributed by atoms with Crippen LogP contribution in [0.5, 0.6) is 0 Å². The van der Waals surface area contributed by atoms with E-state index in [0.29, 0.717) is 42.0 Å². The number of carbonyl (C=O) groups is 13. The van der Waals surface area contributed by atoms with Crippen molar-refractivity contribution in [2.45, 2.75) is 172 Å². The number of aliphatic hydroxyl groups excluding tert-OH is 2. The number of H-pyrrole nitrogens is 3. The van der Waals surface area contributed by atoms with Crippen LogP contribution in [-0.4, -0.2) is 229 Å². The molecule has 8 rings (SSSR count). The summed E-state index contributed by atoms with van der Waals surface area (Å²) in [7, 11) is 2.98. The van der Waals surface area contributed by atoms with Crippen molar-refractivity contribution in [3.05, 3.63) is 136 Å². The van der Waals surface area contributed by atoms with Crippen molar-refractivity contribution in [1.82, 2.24) is 103 Å². The summed E-state index contributed by atoms with van der Waals surface area (Å²) in [6, 6.07) is 4.16. The number of aliphatic carboxylic acids is 1. The van der Waals surface area contributed by atoms with E-state index in [1.807, 2.05) is 0 Å². The van der Waals surface area contributed by atoms with Gasteiger partial charge < -0.3 is 88.9 Å². The summed E-state index contributed by atoms with van der Waals surface area (Å²) in [5.41, 5.74) is 7.50. The Morgan fingerprint density at radius 1 is 0.772 bits per heavy atom. The van der Waals surface area contributed by atoms with Gasteiger partial charge >= 0.3 is 11.9 Å². The number of rotatable bonds is 32. The number of esters is 1. The smallest absolute Gasteiger partial charge is 0.328 e. The number of hydrogen-bond acceptors (Lipinski definition) is 27. The van der Waals surface area contributed by atoms with Crippen LogP contribution in [0.25, 0.3) is 11.2 Å². The monoisotopic (exact) mass is 1580 g/mol. The molecule has 5 aromatic heterocycles. The number of unbranched alkanes of at least 4 members (excludes halogenated alkanes) is 1. The summed E-state index contributed by atoms with van der Waals surface area (Å²) in [6.45, 7) is 1.60. The summed E-state index contributed by atoms with van der Waals surface area (Å²) >= 11 is 0. The number of ether oxygens (including phenoxy) is 1. The summed E-state index contributed by atoms with van der Waals surface area (Å²) in [6.07, 6.45) is 4.60. The van der Waals surface area contributed by atoms with E-state index in [1.54, 1.807) is 49.5 Å². The maximum atomic E-state index is 14.8. The normalized spacial score (nSPS) is 19.5. The highest BCUT2D eigenvalue weighted by Gasteiger charge is 2.37. The molecule has 610 valence electrons. The van der Waals surface area contributed by atoms with Crippen molar-refractivity contribution in [2.75, 3.05) is 44.9 Å². The van der Waals surface area contributed by atoms with Gasteiger partial charge in [0.2, 0.25) is 53.2 Å². The molecule has 40 nitrogen and oxygen atoms in total. The number of carboxylic acid groups (broad SMARTS) is 1. The highest BCUT2D eigenvalue weighted by atomic mass is 16.5. The number of imidazole rings is 2. The third kappa shape index (κ3) is 26.8. The maximum Gasteiger partial charge on any atom is 0.328 e. The predicted octanol–water partition coefficient (Wildman–Crippen LogP) is -2.23. The van der Waals surface area contributed by atoms with Crippen molar-refractivity contribution >= 4 is 99.3 Å². The number of nitrogens with two attached hydrogens (primary N) is 1. The summed E-state index contributed by atoms with van der Waals surface area (Å²) in [5, 5.41) is 67.2. The molecule has 2 aromatic carbocycles. The van der Waals surface area contributed by atoms with Gasteiger partial charge in [0.1, 0.15) is 42.3 Å². The number of Topliss-reactive ketones (excluding diaryl/α,β-unsaturated/α-hetero) is 3. The topological polar surface area (TPSA) is 598 Å². The summed E-state index contributed by atoms with van der Waals surface area (Å²) in [5.74, 6) is -15.6. The molecule has 2 bridgehead atoms. The first-order chi connectivity index (χ1) is 54.7. The number of carboxylic acids is 1. The van der Waals surface area contributed by atoms with Crippen molar-refractivity contribution in [3.63, 3.8) is 0 Å². The molecule has 0 spiro atoms. The van der Waals surface area contributed by atoms with Gasteiger partial charge in [-0.2, -0.15) is 4.98 Å². The zero-order chi connectivity index (χ0) is 82.4. The molecule has 8 amide bonds. The largest absolute Gasteiger partial charge is 0.481 e. The molecule has 18 N–H and O–H groups in total. The number of methoxy groups -OCH3 is 1. The SMILES string of the molecule is CNCCCC[C@H](NC(=O)[C@@H](CC(=O)CNC(=O)[C@@H]1CCCCn2cc(nn2)C[C@H](NC(=O)CC[C@H](CC(=O)c2ccc(NCc3cnc4nc(N)[nH]c(=O)c4n3)cc2)C(=O)O)C(=O)N[C@H](Cc2cnc[nH]2)C(=O)N[C@H](CO)C(=O)C[C@H](Cc2cnc[nH]2)C(=O)N[C@H]([C@H](C)O)C(=O)N[C@H](C)C(=O)N1)Cc1ccccc1)C(=O)OC. The Labute approximate surface area is 652 Å². The Bertz CT molecular complexity index is 4520. The lowest BCUT2D eigenvalue weighted by molar-refractivity contribution is -0.146. The van der Waals surface area contributed by atoms with E-state index in [9.17, 15) is 82.4 Å². The lowest BCUT2D eigenvalue weighted by Gasteiger charge is -2.27. The standard InChI is InChI=1S/C74H96N22O18/c1-40-64(103)87-53(67(106)81-35-52(99)26-45(24-42-12-6-5-7-13-42)65(104)88-54(73(113)114-4)15-8-10-22-76-3)14-9-11-23-96-36-50(94-95-96)30-55(86-60(102)21-18-44(72(111)112)27-58(100)43-16-19-47(20-17-43)79-33-51-34-80-63-62(85-51)71(110)93-74(75)92-63)68(107)89-56(29-49-32-78-39-83-49)69(108)90-57(37-97)59(101)28-46(25-48-31-77-38-82-48)66(105)91-61(41(2)98)70(109)84-40/h5-7,12-13,16-17,19-20,31-32,34,36,38-41,44-46,53-57,61,76,79,97-98H,8-11,14-15,18,21-30,33,35,37H2,1-4H3,(H,77,82)(H,78,83)(H,81,106)(H,84,109)(H,86,102)(H,87,103)(H,88,104)(H,89,107)(H,90,108)(H,91,105)(H,111,112)(H3,75,80,92,93,110)/t40-,41+,44-,45-,46+,53+,54+,55+,56-,57-,61-/m1/s1. The molecule has 0 saturated carbocycles.